The third kappa shape index (κ3) is 3.69. The van der Waals surface area contributed by atoms with Gasteiger partial charge in [-0.1, -0.05) is 13.8 Å². The van der Waals surface area contributed by atoms with E-state index in [-0.39, 0.29) is 0 Å². The van der Waals surface area contributed by atoms with E-state index < -0.39 is 0 Å². The second kappa shape index (κ2) is 6.36. The molecule has 0 radical (unpaired) electrons. The lowest BCUT2D eigenvalue weighted by Gasteiger charge is -2.44. The molecule has 18 heavy (non-hydrogen) atoms. The van der Waals surface area contributed by atoms with Crippen molar-refractivity contribution in [3.63, 3.8) is 0 Å². The van der Waals surface area contributed by atoms with Crippen molar-refractivity contribution in [3.8, 4) is 0 Å². The van der Waals surface area contributed by atoms with E-state index in [9.17, 15) is 0 Å². The summed E-state index contributed by atoms with van der Waals surface area (Å²) in [4.78, 5) is 5.26. The quantitative estimate of drug-likeness (QED) is 0.827. The molecule has 3 atom stereocenters. The fraction of sp³-hybridized carbons (Fsp3) is 1.00. The van der Waals surface area contributed by atoms with Gasteiger partial charge in [0.15, 0.2) is 0 Å². The summed E-state index contributed by atoms with van der Waals surface area (Å²) >= 11 is 0. The number of nitrogens with one attached hydrogen (secondary N) is 1. The van der Waals surface area contributed by atoms with Crippen molar-refractivity contribution in [1.29, 1.82) is 0 Å². The van der Waals surface area contributed by atoms with Crippen molar-refractivity contribution in [2.24, 2.45) is 5.92 Å². The molecule has 1 N–H and O–H groups in total. The molecule has 106 valence electrons. The first-order chi connectivity index (χ1) is 8.56. The number of hydrogen-bond acceptors (Lipinski definition) is 3. The molecule has 0 aromatic carbocycles. The maximum absolute atomic E-state index is 3.69. The molecule has 2 saturated heterocycles. The van der Waals surface area contributed by atoms with Crippen LogP contribution in [0.4, 0.5) is 0 Å². The van der Waals surface area contributed by atoms with E-state index in [1.807, 2.05) is 0 Å². The van der Waals surface area contributed by atoms with Gasteiger partial charge < -0.3 is 10.2 Å². The van der Waals surface area contributed by atoms with Gasteiger partial charge in [-0.05, 0) is 45.7 Å². The third-order valence-corrected chi connectivity index (χ3v) is 4.74. The Morgan fingerprint density at radius 2 is 2.06 bits per heavy atom. The van der Waals surface area contributed by atoms with Crippen molar-refractivity contribution in [2.75, 3.05) is 33.2 Å². The third-order valence-electron chi connectivity index (χ3n) is 4.74. The summed E-state index contributed by atoms with van der Waals surface area (Å²) in [6, 6.07) is 2.30. The minimum atomic E-state index is 0.716. The van der Waals surface area contributed by atoms with Crippen LogP contribution in [0.15, 0.2) is 0 Å². The van der Waals surface area contributed by atoms with Crippen molar-refractivity contribution >= 4 is 0 Å². The van der Waals surface area contributed by atoms with Gasteiger partial charge in [0.25, 0.3) is 0 Å². The molecular weight excluding hydrogens is 222 g/mol. The van der Waals surface area contributed by atoms with Crippen LogP contribution in [0.2, 0.25) is 0 Å². The number of rotatable bonds is 3. The molecule has 3 nitrogen and oxygen atoms in total. The van der Waals surface area contributed by atoms with Gasteiger partial charge in [0.2, 0.25) is 0 Å². The Morgan fingerprint density at radius 1 is 1.28 bits per heavy atom. The Balaban J connectivity index is 1.85. The highest BCUT2D eigenvalue weighted by Crippen LogP contribution is 2.22. The summed E-state index contributed by atoms with van der Waals surface area (Å²) < 4.78 is 0. The predicted molar refractivity (Wildman–Crippen MR) is 77.9 cm³/mol. The maximum Gasteiger partial charge on any atom is 0.0198 e. The Bertz CT molecular complexity index is 254. The van der Waals surface area contributed by atoms with E-state index in [4.69, 9.17) is 0 Å². The Hall–Kier alpha value is -0.120. The first kappa shape index (κ1) is 14.3. The summed E-state index contributed by atoms with van der Waals surface area (Å²) in [5.74, 6) is 0.805. The largest absolute Gasteiger partial charge is 0.311 e. The monoisotopic (exact) mass is 253 g/mol. The normalized spacial score (nSPS) is 36.2. The van der Waals surface area contributed by atoms with E-state index in [1.54, 1.807) is 0 Å². The number of likely N-dealkylation sites (tertiary alicyclic amines) is 1. The summed E-state index contributed by atoms with van der Waals surface area (Å²) in [7, 11) is 2.26. The summed E-state index contributed by atoms with van der Waals surface area (Å²) in [6.07, 6.45) is 4.03. The number of piperidine rings is 1. The molecule has 2 heterocycles. The van der Waals surface area contributed by atoms with E-state index in [1.165, 1.54) is 45.4 Å². The number of nitrogens with zero attached hydrogens (tertiary/aromatic N) is 2. The van der Waals surface area contributed by atoms with E-state index in [2.05, 4.69) is 42.9 Å². The molecule has 0 amide bonds. The molecule has 0 saturated carbocycles. The second-order valence-electron chi connectivity index (χ2n) is 6.78. The number of piperazine rings is 1. The zero-order valence-electron chi connectivity index (χ0n) is 12.7. The van der Waals surface area contributed by atoms with Gasteiger partial charge in [-0.2, -0.15) is 0 Å². The molecule has 3 heteroatoms. The first-order valence-corrected chi connectivity index (χ1v) is 7.74. The lowest BCUT2D eigenvalue weighted by Crippen LogP contribution is -2.57. The van der Waals surface area contributed by atoms with Crippen LogP contribution < -0.4 is 5.32 Å². The minimum Gasteiger partial charge on any atom is -0.311 e. The molecular formula is C15H31N3. The van der Waals surface area contributed by atoms with Crippen LogP contribution in [0.3, 0.4) is 0 Å². The predicted octanol–water partition coefficient (Wildman–Crippen LogP) is 1.79. The van der Waals surface area contributed by atoms with Crippen LogP contribution >= 0.6 is 0 Å². The highest BCUT2D eigenvalue weighted by Gasteiger charge is 2.30. The Labute approximate surface area is 113 Å². The van der Waals surface area contributed by atoms with Crippen molar-refractivity contribution < 1.29 is 0 Å². The van der Waals surface area contributed by atoms with Gasteiger partial charge in [-0.3, -0.25) is 4.90 Å². The lowest BCUT2D eigenvalue weighted by atomic mass is 9.95. The zero-order chi connectivity index (χ0) is 13.1. The van der Waals surface area contributed by atoms with Crippen LogP contribution in [0, 0.1) is 5.92 Å². The highest BCUT2D eigenvalue weighted by atomic mass is 15.2. The van der Waals surface area contributed by atoms with Gasteiger partial charge in [0.05, 0.1) is 0 Å². The molecule has 2 aliphatic heterocycles. The second-order valence-corrected chi connectivity index (χ2v) is 6.78. The fourth-order valence-corrected chi connectivity index (χ4v) is 3.51. The van der Waals surface area contributed by atoms with Crippen molar-refractivity contribution in [1.82, 2.24) is 15.1 Å². The standard InChI is InChI=1S/C15H31N3/c1-12(2)9-14-11-18(8-6-16-14)15-5-7-17(4)13(3)10-15/h12-16H,5-11H2,1-4H3. The molecule has 3 unspecified atom stereocenters. The molecule has 2 aliphatic rings. The van der Waals surface area contributed by atoms with Crippen LogP contribution in [-0.4, -0.2) is 61.2 Å². The Kier molecular flexibility index (Phi) is 5.05. The van der Waals surface area contributed by atoms with Gasteiger partial charge >= 0.3 is 0 Å². The molecule has 0 aromatic heterocycles. The average molecular weight is 253 g/mol. The first-order valence-electron chi connectivity index (χ1n) is 7.74. The van der Waals surface area contributed by atoms with Gasteiger partial charge in [0.1, 0.15) is 0 Å². The lowest BCUT2D eigenvalue weighted by molar-refractivity contribution is 0.0643. The van der Waals surface area contributed by atoms with E-state index >= 15 is 0 Å². The van der Waals surface area contributed by atoms with Crippen LogP contribution in [0.25, 0.3) is 0 Å². The summed E-state index contributed by atoms with van der Waals surface area (Å²) in [5, 5.41) is 3.69. The van der Waals surface area contributed by atoms with E-state index in [0.29, 0.717) is 6.04 Å². The van der Waals surface area contributed by atoms with Gasteiger partial charge in [-0.25, -0.2) is 0 Å². The van der Waals surface area contributed by atoms with Gasteiger partial charge in [0, 0.05) is 37.8 Å². The van der Waals surface area contributed by atoms with Crippen LogP contribution in [0.1, 0.15) is 40.0 Å². The summed E-state index contributed by atoms with van der Waals surface area (Å²) in [6.45, 7) is 12.0. The van der Waals surface area contributed by atoms with Crippen molar-refractivity contribution in [3.05, 3.63) is 0 Å². The van der Waals surface area contributed by atoms with Gasteiger partial charge in [-0.15, -0.1) is 0 Å². The van der Waals surface area contributed by atoms with E-state index in [0.717, 1.165) is 18.0 Å². The molecule has 0 bridgehead atoms. The molecule has 2 rings (SSSR count). The smallest absolute Gasteiger partial charge is 0.0198 e. The van der Waals surface area contributed by atoms with Crippen LogP contribution in [0.5, 0.6) is 0 Å². The SMILES string of the molecule is CC(C)CC1CN(C2CCN(C)C(C)C2)CCN1. The molecule has 0 aromatic rings. The topological polar surface area (TPSA) is 18.5 Å². The van der Waals surface area contributed by atoms with Crippen molar-refractivity contribution in [2.45, 2.75) is 58.2 Å². The Morgan fingerprint density at radius 3 is 2.72 bits per heavy atom. The molecule has 0 aliphatic carbocycles. The summed E-state index contributed by atoms with van der Waals surface area (Å²) in [5.41, 5.74) is 0. The average Bonchev–Trinajstić information content (AvgIpc) is 2.32. The zero-order valence-corrected chi connectivity index (χ0v) is 12.7. The maximum atomic E-state index is 3.69. The molecule has 0 spiro atoms. The minimum absolute atomic E-state index is 0.716. The highest BCUT2D eigenvalue weighted by molar-refractivity contribution is 4.88. The number of hydrogen-bond donors (Lipinski definition) is 1. The fourth-order valence-electron chi connectivity index (χ4n) is 3.51. The van der Waals surface area contributed by atoms with Crippen LogP contribution in [-0.2, 0) is 0 Å². The molecule has 2 fully saturated rings.